The van der Waals surface area contributed by atoms with Gasteiger partial charge in [-0.25, -0.2) is 13.2 Å². The predicted molar refractivity (Wildman–Crippen MR) is 107 cm³/mol. The molecule has 0 unspecified atom stereocenters. The van der Waals surface area contributed by atoms with Gasteiger partial charge in [-0.15, -0.1) is 0 Å². The van der Waals surface area contributed by atoms with Crippen LogP contribution in [-0.4, -0.2) is 39.1 Å². The Morgan fingerprint density at radius 3 is 2.39 bits per heavy atom. The summed E-state index contributed by atoms with van der Waals surface area (Å²) in [7, 11) is -3.38. The summed E-state index contributed by atoms with van der Waals surface area (Å²) < 4.78 is 30.5. The van der Waals surface area contributed by atoms with Crippen LogP contribution < -0.4 is 4.31 Å². The molecule has 0 saturated heterocycles. The lowest BCUT2D eigenvalue weighted by Gasteiger charge is -2.21. The normalized spacial score (nSPS) is 16.0. The molecule has 0 N–H and O–H groups in total. The van der Waals surface area contributed by atoms with Crippen LogP contribution in [0, 0.1) is 13.8 Å². The number of ketones is 1. The van der Waals surface area contributed by atoms with Crippen molar-refractivity contribution in [1.82, 2.24) is 0 Å². The van der Waals surface area contributed by atoms with E-state index in [1.807, 2.05) is 26.8 Å². The summed E-state index contributed by atoms with van der Waals surface area (Å²) in [6, 6.07) is 9.94. The van der Waals surface area contributed by atoms with Crippen molar-refractivity contribution in [1.29, 1.82) is 0 Å². The van der Waals surface area contributed by atoms with E-state index in [-0.39, 0.29) is 18.4 Å². The minimum atomic E-state index is -3.38. The van der Waals surface area contributed by atoms with Crippen LogP contribution in [-0.2, 0) is 21.2 Å². The number of aryl methyl sites for hydroxylation is 2. The number of benzene rings is 2. The lowest BCUT2D eigenvalue weighted by molar-refractivity contribution is 0.0474. The molecule has 1 atom stereocenters. The van der Waals surface area contributed by atoms with E-state index in [4.69, 9.17) is 4.74 Å². The lowest BCUT2D eigenvalue weighted by atomic mass is 10.0. The van der Waals surface area contributed by atoms with Crippen LogP contribution in [0.5, 0.6) is 0 Å². The number of hydrogen-bond donors (Lipinski definition) is 0. The molecule has 0 bridgehead atoms. The first-order valence-electron chi connectivity index (χ1n) is 8.98. The number of carbonyl (C=O) groups is 2. The lowest BCUT2D eigenvalue weighted by Crippen LogP contribution is -2.34. The Hall–Kier alpha value is -2.67. The molecule has 0 saturated carbocycles. The number of nitrogens with zero attached hydrogens (tertiary/aromatic N) is 1. The molecular formula is C21H23NO5S. The molecule has 7 heteroatoms. The number of sulfonamides is 1. The van der Waals surface area contributed by atoms with Crippen molar-refractivity contribution in [2.24, 2.45) is 0 Å². The van der Waals surface area contributed by atoms with Gasteiger partial charge < -0.3 is 4.74 Å². The van der Waals surface area contributed by atoms with Crippen LogP contribution in [0.4, 0.5) is 5.69 Å². The van der Waals surface area contributed by atoms with Gasteiger partial charge in [-0.1, -0.05) is 6.07 Å². The van der Waals surface area contributed by atoms with Crippen molar-refractivity contribution in [2.45, 2.75) is 33.2 Å². The minimum Gasteiger partial charge on any atom is -0.454 e. The zero-order valence-corrected chi connectivity index (χ0v) is 17.2. The molecule has 1 aliphatic rings. The average molecular weight is 401 g/mol. The summed E-state index contributed by atoms with van der Waals surface area (Å²) in [6.45, 7) is 5.32. The molecule has 2 aromatic carbocycles. The number of rotatable bonds is 5. The number of ether oxygens (including phenoxy) is 1. The van der Waals surface area contributed by atoms with Crippen LogP contribution in [0.25, 0.3) is 0 Å². The predicted octanol–water partition coefficient (Wildman–Crippen LogP) is 3.05. The fourth-order valence-corrected chi connectivity index (χ4v) is 4.71. The molecule has 0 amide bonds. The number of hydrogen-bond acceptors (Lipinski definition) is 5. The highest BCUT2D eigenvalue weighted by atomic mass is 32.2. The summed E-state index contributed by atoms with van der Waals surface area (Å²) in [5, 5.41) is 0. The van der Waals surface area contributed by atoms with Crippen LogP contribution in [0.15, 0.2) is 36.4 Å². The van der Waals surface area contributed by atoms with Gasteiger partial charge in [0, 0.05) is 11.6 Å². The average Bonchev–Trinajstić information content (AvgIpc) is 2.96. The van der Waals surface area contributed by atoms with Gasteiger partial charge in [-0.2, -0.15) is 0 Å². The standard InChI is InChI=1S/C21H23NO5S/c1-13-5-6-17(9-14(13)2)21(24)27-12-20(23)16-7-8-19-18(11-16)10-15(3)22(19)28(4,25)26/h5-9,11,15H,10,12H2,1-4H3/t15-/m0/s1. The second-order valence-corrected chi connectivity index (χ2v) is 9.11. The molecule has 3 rings (SSSR count). The van der Waals surface area contributed by atoms with Crippen LogP contribution >= 0.6 is 0 Å². The summed E-state index contributed by atoms with van der Waals surface area (Å²) in [4.78, 5) is 24.6. The molecule has 0 aromatic heterocycles. The molecule has 2 aromatic rings. The molecule has 28 heavy (non-hydrogen) atoms. The van der Waals surface area contributed by atoms with Crippen molar-refractivity contribution in [3.8, 4) is 0 Å². The van der Waals surface area contributed by atoms with E-state index in [0.717, 1.165) is 16.7 Å². The molecule has 6 nitrogen and oxygen atoms in total. The highest BCUT2D eigenvalue weighted by Crippen LogP contribution is 2.34. The fraction of sp³-hybridized carbons (Fsp3) is 0.333. The van der Waals surface area contributed by atoms with Crippen molar-refractivity contribution >= 4 is 27.5 Å². The van der Waals surface area contributed by atoms with E-state index >= 15 is 0 Å². The Kier molecular flexibility index (Phi) is 5.30. The Morgan fingerprint density at radius 2 is 1.75 bits per heavy atom. The fourth-order valence-electron chi connectivity index (χ4n) is 3.45. The van der Waals surface area contributed by atoms with Gasteiger partial charge in [0.15, 0.2) is 12.4 Å². The Morgan fingerprint density at radius 1 is 1.07 bits per heavy atom. The SMILES string of the molecule is Cc1ccc(C(=O)OCC(=O)c2ccc3c(c2)C[C@H](C)N3S(C)(=O)=O)cc1C. The monoisotopic (exact) mass is 401 g/mol. The van der Waals surface area contributed by atoms with Gasteiger partial charge in [-0.3, -0.25) is 9.10 Å². The number of anilines is 1. The summed E-state index contributed by atoms with van der Waals surface area (Å²) in [5.74, 6) is -0.875. The van der Waals surface area contributed by atoms with E-state index in [0.29, 0.717) is 23.2 Å². The molecule has 0 spiro atoms. The third kappa shape index (κ3) is 3.94. The summed E-state index contributed by atoms with van der Waals surface area (Å²) >= 11 is 0. The van der Waals surface area contributed by atoms with Crippen molar-refractivity contribution in [3.63, 3.8) is 0 Å². The van der Waals surface area contributed by atoms with Gasteiger partial charge in [0.25, 0.3) is 0 Å². The van der Waals surface area contributed by atoms with E-state index in [2.05, 4.69) is 0 Å². The van der Waals surface area contributed by atoms with E-state index < -0.39 is 16.0 Å². The minimum absolute atomic E-state index is 0.196. The van der Waals surface area contributed by atoms with E-state index in [1.54, 1.807) is 30.3 Å². The number of fused-ring (bicyclic) bond motifs is 1. The van der Waals surface area contributed by atoms with E-state index in [1.165, 1.54) is 10.6 Å². The second-order valence-electron chi connectivity index (χ2n) is 7.25. The van der Waals surface area contributed by atoms with Crippen molar-refractivity contribution in [2.75, 3.05) is 17.2 Å². The maximum atomic E-state index is 12.5. The molecule has 0 radical (unpaired) electrons. The van der Waals surface area contributed by atoms with Gasteiger partial charge in [0.1, 0.15) is 0 Å². The number of esters is 1. The first-order valence-corrected chi connectivity index (χ1v) is 10.8. The van der Waals surface area contributed by atoms with Gasteiger partial charge in [0.2, 0.25) is 10.0 Å². The highest BCUT2D eigenvalue weighted by molar-refractivity contribution is 7.92. The zero-order chi connectivity index (χ0) is 20.6. The van der Waals surface area contributed by atoms with Gasteiger partial charge >= 0.3 is 5.97 Å². The van der Waals surface area contributed by atoms with Crippen LogP contribution in [0.2, 0.25) is 0 Å². The Balaban J connectivity index is 1.71. The summed E-state index contributed by atoms with van der Waals surface area (Å²) in [6.07, 6.45) is 1.70. The molecular weight excluding hydrogens is 378 g/mol. The Labute approximate surface area is 165 Å². The van der Waals surface area contributed by atoms with Crippen LogP contribution in [0.1, 0.15) is 44.3 Å². The van der Waals surface area contributed by atoms with E-state index in [9.17, 15) is 18.0 Å². The highest BCUT2D eigenvalue weighted by Gasteiger charge is 2.32. The Bertz CT molecular complexity index is 1060. The molecule has 1 aliphatic heterocycles. The summed E-state index contributed by atoms with van der Waals surface area (Å²) in [5.41, 5.74) is 4.24. The third-order valence-electron chi connectivity index (χ3n) is 4.99. The van der Waals surface area contributed by atoms with Crippen molar-refractivity contribution < 1.29 is 22.7 Å². The quantitative estimate of drug-likeness (QED) is 0.568. The molecule has 0 fully saturated rings. The maximum Gasteiger partial charge on any atom is 0.338 e. The number of carbonyl (C=O) groups excluding carboxylic acids is 2. The first-order chi connectivity index (χ1) is 13.1. The molecule has 0 aliphatic carbocycles. The second kappa shape index (κ2) is 7.39. The smallest absolute Gasteiger partial charge is 0.338 e. The first kappa shape index (κ1) is 20.1. The van der Waals surface area contributed by atoms with Crippen molar-refractivity contribution in [3.05, 3.63) is 64.2 Å². The molecule has 1 heterocycles. The van der Waals surface area contributed by atoms with Crippen LogP contribution in [0.3, 0.4) is 0 Å². The zero-order valence-electron chi connectivity index (χ0n) is 16.4. The topological polar surface area (TPSA) is 80.8 Å². The third-order valence-corrected chi connectivity index (χ3v) is 6.26. The van der Waals surface area contributed by atoms with Gasteiger partial charge in [0.05, 0.1) is 17.5 Å². The largest absolute Gasteiger partial charge is 0.454 e. The van der Waals surface area contributed by atoms with Gasteiger partial charge in [-0.05, 0) is 74.2 Å². The molecule has 148 valence electrons. The maximum absolute atomic E-state index is 12.5. The number of Topliss-reactive ketones (excluding diaryl/α,β-unsaturated/α-hetero) is 1.